The number of carbonyl (C=O) groups excluding carboxylic acids is 1. The lowest BCUT2D eigenvalue weighted by atomic mass is 10.2. The molecule has 1 unspecified atom stereocenters. The Hall–Kier alpha value is -2.19. The molecule has 0 saturated heterocycles. The molecule has 0 aliphatic rings. The summed E-state index contributed by atoms with van der Waals surface area (Å²) in [7, 11) is 3.85. The molecule has 2 heterocycles. The first-order valence-corrected chi connectivity index (χ1v) is 6.70. The molecule has 0 aliphatic carbocycles. The van der Waals surface area contributed by atoms with Crippen molar-refractivity contribution in [3.8, 4) is 0 Å². The molecule has 0 fully saturated rings. The Morgan fingerprint density at radius 1 is 1.57 bits per heavy atom. The zero-order chi connectivity index (χ0) is 15.2. The van der Waals surface area contributed by atoms with E-state index < -0.39 is 0 Å². The maximum absolute atomic E-state index is 12.1. The van der Waals surface area contributed by atoms with Gasteiger partial charge in [-0.3, -0.25) is 14.4 Å². The lowest BCUT2D eigenvalue weighted by Crippen LogP contribution is -2.34. The van der Waals surface area contributed by atoms with Crippen molar-refractivity contribution in [3.63, 3.8) is 0 Å². The minimum atomic E-state index is -0.267. The van der Waals surface area contributed by atoms with Crippen LogP contribution in [-0.2, 0) is 6.54 Å². The number of furan rings is 1. The number of hydrogen-bond donors (Lipinski definition) is 2. The fourth-order valence-corrected chi connectivity index (χ4v) is 1.94. The molecule has 8 nitrogen and oxygen atoms in total. The number of rotatable bonds is 7. The van der Waals surface area contributed by atoms with E-state index in [1.54, 1.807) is 17.1 Å². The van der Waals surface area contributed by atoms with Gasteiger partial charge in [0, 0.05) is 13.1 Å². The number of aromatic nitrogens is 3. The molecule has 0 bridgehead atoms. The number of likely N-dealkylation sites (N-methyl/N-ethyl adjacent to an activating group) is 1. The second kappa shape index (κ2) is 7.00. The number of nitrogens with zero attached hydrogens (tertiary/aromatic N) is 4. The second-order valence-corrected chi connectivity index (χ2v) is 4.86. The standard InChI is InChI=1S/C13H20N6O2/c1-18(2)11(12-4-3-7-21-12)8-15-13(20)10-9-19(6-5-14)17-16-10/h3-4,7,9,11H,5-6,8,14H2,1-2H3,(H,15,20). The first-order chi connectivity index (χ1) is 10.1. The van der Waals surface area contributed by atoms with Crippen molar-refractivity contribution in [3.05, 3.63) is 36.0 Å². The van der Waals surface area contributed by atoms with Crippen LogP contribution in [0.3, 0.4) is 0 Å². The maximum atomic E-state index is 12.1. The van der Waals surface area contributed by atoms with Crippen molar-refractivity contribution >= 4 is 5.91 Å². The third-order valence-corrected chi connectivity index (χ3v) is 3.08. The Morgan fingerprint density at radius 2 is 2.38 bits per heavy atom. The smallest absolute Gasteiger partial charge is 0.273 e. The SMILES string of the molecule is CN(C)C(CNC(=O)c1cn(CCN)nn1)c1ccco1. The Bertz CT molecular complexity index is 563. The third kappa shape index (κ3) is 3.89. The molecule has 0 aromatic carbocycles. The van der Waals surface area contributed by atoms with Crippen LogP contribution < -0.4 is 11.1 Å². The van der Waals surface area contributed by atoms with Crippen LogP contribution in [0.2, 0.25) is 0 Å². The second-order valence-electron chi connectivity index (χ2n) is 4.86. The molecule has 1 amide bonds. The minimum Gasteiger partial charge on any atom is -0.468 e. The number of nitrogens with one attached hydrogen (secondary N) is 1. The third-order valence-electron chi connectivity index (χ3n) is 3.08. The Kier molecular flexibility index (Phi) is 5.07. The zero-order valence-electron chi connectivity index (χ0n) is 12.2. The first-order valence-electron chi connectivity index (χ1n) is 6.70. The van der Waals surface area contributed by atoms with E-state index in [9.17, 15) is 4.79 Å². The highest BCUT2D eigenvalue weighted by molar-refractivity contribution is 5.91. The highest BCUT2D eigenvalue weighted by atomic mass is 16.3. The van der Waals surface area contributed by atoms with Crippen LogP contribution in [0.15, 0.2) is 29.0 Å². The van der Waals surface area contributed by atoms with E-state index in [4.69, 9.17) is 10.2 Å². The largest absolute Gasteiger partial charge is 0.468 e. The average molecular weight is 292 g/mol. The van der Waals surface area contributed by atoms with E-state index in [-0.39, 0.29) is 17.6 Å². The average Bonchev–Trinajstić information content (AvgIpc) is 3.10. The predicted molar refractivity (Wildman–Crippen MR) is 76.5 cm³/mol. The summed E-state index contributed by atoms with van der Waals surface area (Å²) >= 11 is 0. The number of hydrogen-bond acceptors (Lipinski definition) is 6. The summed E-state index contributed by atoms with van der Waals surface area (Å²) in [6.07, 6.45) is 3.20. The summed E-state index contributed by atoms with van der Waals surface area (Å²) in [4.78, 5) is 14.0. The van der Waals surface area contributed by atoms with Gasteiger partial charge in [0.15, 0.2) is 5.69 Å². The molecular formula is C13H20N6O2. The fourth-order valence-electron chi connectivity index (χ4n) is 1.94. The van der Waals surface area contributed by atoms with Crippen LogP contribution in [0.5, 0.6) is 0 Å². The van der Waals surface area contributed by atoms with Gasteiger partial charge in [-0.1, -0.05) is 5.21 Å². The highest BCUT2D eigenvalue weighted by Gasteiger charge is 2.19. The number of amides is 1. The molecular weight excluding hydrogens is 272 g/mol. The van der Waals surface area contributed by atoms with Crippen molar-refractivity contribution < 1.29 is 9.21 Å². The molecule has 0 aliphatic heterocycles. The Balaban J connectivity index is 1.95. The molecule has 0 radical (unpaired) electrons. The topological polar surface area (TPSA) is 102 Å². The minimum absolute atomic E-state index is 0.0389. The van der Waals surface area contributed by atoms with Crippen molar-refractivity contribution in [2.75, 3.05) is 27.2 Å². The number of carbonyl (C=O) groups is 1. The van der Waals surface area contributed by atoms with E-state index in [1.165, 1.54) is 0 Å². The van der Waals surface area contributed by atoms with Gasteiger partial charge in [-0.05, 0) is 26.2 Å². The van der Waals surface area contributed by atoms with Crippen molar-refractivity contribution in [1.29, 1.82) is 0 Å². The van der Waals surface area contributed by atoms with E-state index >= 15 is 0 Å². The molecule has 2 aromatic rings. The van der Waals surface area contributed by atoms with E-state index in [0.717, 1.165) is 5.76 Å². The summed E-state index contributed by atoms with van der Waals surface area (Å²) in [6, 6.07) is 3.67. The van der Waals surface area contributed by atoms with Crippen LogP contribution in [0.1, 0.15) is 22.3 Å². The van der Waals surface area contributed by atoms with Gasteiger partial charge < -0.3 is 15.5 Å². The van der Waals surface area contributed by atoms with Crippen molar-refractivity contribution in [2.24, 2.45) is 5.73 Å². The van der Waals surface area contributed by atoms with Gasteiger partial charge in [0.2, 0.25) is 0 Å². The van der Waals surface area contributed by atoms with Crippen LogP contribution >= 0.6 is 0 Å². The quantitative estimate of drug-likeness (QED) is 0.736. The maximum Gasteiger partial charge on any atom is 0.273 e. The summed E-state index contributed by atoms with van der Waals surface area (Å²) < 4.78 is 6.94. The predicted octanol–water partition coefficient (Wildman–Crippen LogP) is -0.137. The zero-order valence-corrected chi connectivity index (χ0v) is 12.2. The van der Waals surface area contributed by atoms with E-state index in [0.29, 0.717) is 19.6 Å². The summed E-state index contributed by atoms with van der Waals surface area (Å²) in [5.74, 6) is 0.531. The normalized spacial score (nSPS) is 12.6. The molecule has 0 saturated carbocycles. The molecule has 2 aromatic heterocycles. The van der Waals surface area contributed by atoms with Crippen molar-refractivity contribution in [2.45, 2.75) is 12.6 Å². The van der Waals surface area contributed by atoms with Gasteiger partial charge in [0.05, 0.1) is 25.0 Å². The summed E-state index contributed by atoms with van der Waals surface area (Å²) in [5, 5.41) is 10.5. The molecule has 1 atom stereocenters. The van der Waals surface area contributed by atoms with Gasteiger partial charge in [0.25, 0.3) is 5.91 Å². The van der Waals surface area contributed by atoms with Gasteiger partial charge in [-0.2, -0.15) is 0 Å². The van der Waals surface area contributed by atoms with E-state index in [1.807, 2.05) is 31.1 Å². The van der Waals surface area contributed by atoms with Crippen LogP contribution in [0, 0.1) is 0 Å². The molecule has 3 N–H and O–H groups in total. The monoisotopic (exact) mass is 292 g/mol. The summed E-state index contributed by atoms with van der Waals surface area (Å²) in [5.41, 5.74) is 5.70. The lowest BCUT2D eigenvalue weighted by Gasteiger charge is -2.22. The van der Waals surface area contributed by atoms with Gasteiger partial charge in [0.1, 0.15) is 5.76 Å². The number of nitrogens with two attached hydrogens (primary N) is 1. The highest BCUT2D eigenvalue weighted by Crippen LogP contribution is 2.17. The van der Waals surface area contributed by atoms with Crippen molar-refractivity contribution in [1.82, 2.24) is 25.2 Å². The van der Waals surface area contributed by atoms with Crippen LogP contribution in [0.4, 0.5) is 0 Å². The van der Waals surface area contributed by atoms with Crippen LogP contribution in [0.25, 0.3) is 0 Å². The molecule has 21 heavy (non-hydrogen) atoms. The molecule has 114 valence electrons. The first kappa shape index (κ1) is 15.2. The van der Waals surface area contributed by atoms with Crippen LogP contribution in [-0.4, -0.2) is 53.0 Å². The van der Waals surface area contributed by atoms with Gasteiger partial charge in [-0.25, -0.2) is 0 Å². The Labute approximate surface area is 122 Å². The van der Waals surface area contributed by atoms with Gasteiger partial charge in [-0.15, -0.1) is 5.10 Å². The molecule has 0 spiro atoms. The Morgan fingerprint density at radius 3 is 3.00 bits per heavy atom. The van der Waals surface area contributed by atoms with E-state index in [2.05, 4.69) is 15.6 Å². The lowest BCUT2D eigenvalue weighted by molar-refractivity contribution is 0.0934. The fraction of sp³-hybridized carbons (Fsp3) is 0.462. The summed E-state index contributed by atoms with van der Waals surface area (Å²) in [6.45, 7) is 1.40. The molecule has 2 rings (SSSR count). The molecule has 8 heteroatoms. The van der Waals surface area contributed by atoms with Gasteiger partial charge >= 0.3 is 0 Å².